The molecule has 0 unspecified atom stereocenters. The molecule has 0 bridgehead atoms. The number of halogens is 2. The fourth-order valence-corrected chi connectivity index (χ4v) is 0.624. The van der Waals surface area contributed by atoms with Crippen LogP contribution >= 0.6 is 0 Å². The minimum absolute atomic E-state index is 0.290. The maximum absolute atomic E-state index is 12.5. The topological polar surface area (TPSA) is 29.5 Å². The molecule has 57 valence electrons. The Balaban J connectivity index is 2.93. The van der Waals surface area contributed by atoms with Crippen molar-refractivity contribution < 1.29 is 18.5 Å². The van der Waals surface area contributed by atoms with Gasteiger partial charge in [0, 0.05) is 6.07 Å². The van der Waals surface area contributed by atoms with E-state index < -0.39 is 11.6 Å². The largest absolute Gasteiger partial charge is 0.569 e. The van der Waals surface area contributed by atoms with Gasteiger partial charge in [-0.15, -0.1) is 0 Å². The quantitative estimate of drug-likeness (QED) is 0.645. The van der Waals surface area contributed by atoms with Crippen LogP contribution in [0, 0.1) is 11.6 Å². The Bertz CT molecular complexity index is 254. The first kappa shape index (κ1) is 8.01. The Hall–Kier alpha value is -1.10. The molecular formula is C6H4BF2O2. The Kier molecular flexibility index (Phi) is 2.43. The van der Waals surface area contributed by atoms with Gasteiger partial charge in [0.25, 0.3) is 0 Å². The lowest BCUT2D eigenvalue weighted by atomic mass is 10.3. The lowest BCUT2D eigenvalue weighted by Crippen LogP contribution is -2.01. The third-order valence-electron chi connectivity index (χ3n) is 1.07. The minimum Gasteiger partial charge on any atom is -0.535 e. The zero-order chi connectivity index (χ0) is 8.27. The highest BCUT2D eigenvalue weighted by molar-refractivity contribution is 6.17. The van der Waals surface area contributed by atoms with Crippen LogP contribution in [0.3, 0.4) is 0 Å². The molecule has 0 aliphatic heterocycles. The van der Waals surface area contributed by atoms with Crippen molar-refractivity contribution in [2.24, 2.45) is 0 Å². The molecular weight excluding hydrogens is 153 g/mol. The van der Waals surface area contributed by atoms with Gasteiger partial charge in [-0.05, 0) is 12.1 Å². The van der Waals surface area contributed by atoms with E-state index in [9.17, 15) is 8.78 Å². The molecule has 0 heterocycles. The number of hydrogen-bond acceptors (Lipinski definition) is 2. The second-order valence-electron chi connectivity index (χ2n) is 1.80. The van der Waals surface area contributed by atoms with Crippen LogP contribution in [0.4, 0.5) is 8.78 Å². The summed E-state index contributed by atoms with van der Waals surface area (Å²) in [5.41, 5.74) is 0. The molecule has 0 fully saturated rings. The van der Waals surface area contributed by atoms with E-state index in [2.05, 4.69) is 4.65 Å². The van der Waals surface area contributed by atoms with Crippen molar-refractivity contribution in [1.29, 1.82) is 0 Å². The van der Waals surface area contributed by atoms with Crippen molar-refractivity contribution in [1.82, 2.24) is 0 Å². The van der Waals surface area contributed by atoms with Crippen LogP contribution in [0.2, 0.25) is 0 Å². The third kappa shape index (κ3) is 1.91. The maximum Gasteiger partial charge on any atom is 0.569 e. The smallest absolute Gasteiger partial charge is 0.535 e. The second kappa shape index (κ2) is 3.34. The predicted octanol–water partition coefficient (Wildman–Crippen LogP) is 0.870. The molecule has 0 spiro atoms. The molecule has 2 nitrogen and oxygen atoms in total. The van der Waals surface area contributed by atoms with E-state index in [1.165, 1.54) is 0 Å². The molecule has 0 aromatic heterocycles. The molecule has 0 saturated carbocycles. The van der Waals surface area contributed by atoms with Crippen LogP contribution in [0.15, 0.2) is 18.2 Å². The summed E-state index contributed by atoms with van der Waals surface area (Å²) in [5, 5.41) is 8.10. The van der Waals surface area contributed by atoms with Gasteiger partial charge in [0.15, 0.2) is 5.82 Å². The van der Waals surface area contributed by atoms with Crippen LogP contribution < -0.4 is 4.65 Å². The number of hydrogen-bond donors (Lipinski definition) is 1. The van der Waals surface area contributed by atoms with E-state index >= 15 is 0 Å². The predicted molar refractivity (Wildman–Crippen MR) is 35.0 cm³/mol. The van der Waals surface area contributed by atoms with Crippen LogP contribution in [0.25, 0.3) is 0 Å². The first-order valence-corrected chi connectivity index (χ1v) is 2.81. The van der Waals surface area contributed by atoms with Gasteiger partial charge in [-0.25, -0.2) is 8.78 Å². The molecule has 1 aromatic rings. The lowest BCUT2D eigenvalue weighted by molar-refractivity contribution is 0.428. The van der Waals surface area contributed by atoms with Gasteiger partial charge in [-0.2, -0.15) is 0 Å². The van der Waals surface area contributed by atoms with Gasteiger partial charge in [0.1, 0.15) is 11.6 Å². The summed E-state index contributed by atoms with van der Waals surface area (Å²) in [6, 6.07) is 2.70. The lowest BCUT2D eigenvalue weighted by Gasteiger charge is -2.01. The SMILES string of the molecule is O[B]Oc1cc(F)ccc1F. The summed E-state index contributed by atoms with van der Waals surface area (Å²) in [6.07, 6.45) is 0. The molecule has 0 atom stereocenters. The van der Waals surface area contributed by atoms with Gasteiger partial charge < -0.3 is 9.68 Å². The fraction of sp³-hybridized carbons (Fsp3) is 0. The highest BCUT2D eigenvalue weighted by Gasteiger charge is 2.03. The summed E-state index contributed by atoms with van der Waals surface area (Å²) in [5.74, 6) is -1.69. The zero-order valence-corrected chi connectivity index (χ0v) is 5.42. The monoisotopic (exact) mass is 157 g/mol. The van der Waals surface area contributed by atoms with E-state index in [1.807, 2.05) is 0 Å². The Labute approximate surface area is 62.7 Å². The summed E-state index contributed by atoms with van der Waals surface area (Å²) in [6.45, 7) is 0. The highest BCUT2D eigenvalue weighted by Crippen LogP contribution is 2.16. The van der Waals surface area contributed by atoms with Crippen LogP contribution in [-0.2, 0) is 0 Å². The van der Waals surface area contributed by atoms with Gasteiger partial charge in [-0.1, -0.05) is 0 Å². The van der Waals surface area contributed by atoms with E-state index in [1.54, 1.807) is 0 Å². The average molecular weight is 157 g/mol. The molecule has 0 aliphatic carbocycles. The number of rotatable bonds is 2. The molecule has 1 N–H and O–H groups in total. The standard InChI is InChI=1S/C6H4BF2O2/c8-4-1-2-5(9)6(3-4)11-7-10/h1-3,10H. The summed E-state index contributed by atoms with van der Waals surface area (Å²) < 4.78 is 29.1. The summed E-state index contributed by atoms with van der Waals surface area (Å²) in [7, 11) is 0.290. The Morgan fingerprint density at radius 3 is 2.73 bits per heavy atom. The number of benzene rings is 1. The van der Waals surface area contributed by atoms with Crippen LogP contribution in [-0.4, -0.2) is 12.7 Å². The summed E-state index contributed by atoms with van der Waals surface area (Å²) in [4.78, 5) is 0. The average Bonchev–Trinajstić information content (AvgIpc) is 1.98. The van der Waals surface area contributed by atoms with Gasteiger partial charge in [0.05, 0.1) is 0 Å². The molecule has 0 saturated heterocycles. The van der Waals surface area contributed by atoms with Gasteiger partial charge >= 0.3 is 7.69 Å². The van der Waals surface area contributed by atoms with E-state index in [4.69, 9.17) is 5.02 Å². The third-order valence-corrected chi connectivity index (χ3v) is 1.07. The van der Waals surface area contributed by atoms with Crippen LogP contribution in [0.1, 0.15) is 0 Å². The van der Waals surface area contributed by atoms with Crippen molar-refractivity contribution in [3.63, 3.8) is 0 Å². The Morgan fingerprint density at radius 1 is 1.36 bits per heavy atom. The van der Waals surface area contributed by atoms with E-state index in [0.29, 0.717) is 0 Å². The highest BCUT2D eigenvalue weighted by atomic mass is 19.1. The first-order valence-electron chi connectivity index (χ1n) is 2.81. The van der Waals surface area contributed by atoms with E-state index in [-0.39, 0.29) is 13.4 Å². The van der Waals surface area contributed by atoms with Crippen LogP contribution in [0.5, 0.6) is 5.75 Å². The molecule has 0 aliphatic rings. The molecule has 11 heavy (non-hydrogen) atoms. The second-order valence-corrected chi connectivity index (χ2v) is 1.80. The minimum atomic E-state index is -0.725. The van der Waals surface area contributed by atoms with Crippen molar-refractivity contribution in [2.45, 2.75) is 0 Å². The molecule has 1 rings (SSSR count). The van der Waals surface area contributed by atoms with Gasteiger partial charge in [0.2, 0.25) is 0 Å². The van der Waals surface area contributed by atoms with Crippen molar-refractivity contribution in [3.05, 3.63) is 29.8 Å². The first-order chi connectivity index (χ1) is 5.24. The fourth-order valence-electron chi connectivity index (χ4n) is 0.624. The molecule has 5 heteroatoms. The zero-order valence-electron chi connectivity index (χ0n) is 5.42. The van der Waals surface area contributed by atoms with Crippen molar-refractivity contribution in [2.75, 3.05) is 0 Å². The maximum atomic E-state index is 12.5. The summed E-state index contributed by atoms with van der Waals surface area (Å²) >= 11 is 0. The Morgan fingerprint density at radius 2 is 2.09 bits per heavy atom. The molecule has 1 radical (unpaired) electrons. The van der Waals surface area contributed by atoms with Gasteiger partial charge in [-0.3, -0.25) is 0 Å². The van der Waals surface area contributed by atoms with Crippen molar-refractivity contribution >= 4 is 7.69 Å². The van der Waals surface area contributed by atoms with Crippen molar-refractivity contribution in [3.8, 4) is 5.75 Å². The molecule has 1 aromatic carbocycles. The molecule has 0 amide bonds. The van der Waals surface area contributed by atoms with E-state index in [0.717, 1.165) is 18.2 Å². The normalized spacial score (nSPS) is 9.36.